The molecule has 0 saturated carbocycles. The minimum absolute atomic E-state index is 0.907. The Morgan fingerprint density at radius 3 is 0.652 bits per heavy atom. The van der Waals surface area contributed by atoms with Crippen LogP contribution < -0.4 is 9.80 Å². The van der Waals surface area contributed by atoms with Crippen molar-refractivity contribution in [3.63, 3.8) is 0 Å². The van der Waals surface area contributed by atoms with Crippen molar-refractivity contribution in [3.8, 4) is 123 Å². The van der Waals surface area contributed by atoms with E-state index in [-0.39, 0.29) is 0 Å². The molecule has 0 amide bonds. The minimum Gasteiger partial charge on any atom is -0.456 e. The maximum atomic E-state index is 6.21. The van der Waals surface area contributed by atoms with Gasteiger partial charge < -0.3 is 27.8 Å². The lowest BCUT2D eigenvalue weighted by Gasteiger charge is -2.26. The number of hydrogen-bond acceptors (Lipinski definition) is 4. The molecule has 4 heterocycles. The summed E-state index contributed by atoms with van der Waals surface area (Å²) in [6, 6.07) is 192. The van der Waals surface area contributed by atoms with Crippen molar-refractivity contribution in [1.29, 1.82) is 0 Å². The van der Waals surface area contributed by atoms with Crippen molar-refractivity contribution in [3.05, 3.63) is 534 Å². The molecule has 0 aliphatic rings. The van der Waals surface area contributed by atoms with Crippen LogP contribution in [0.3, 0.4) is 0 Å². The Balaban J connectivity index is 0.000000146. The lowest BCUT2D eigenvalue weighted by atomic mass is 9.97. The number of nitrogens with zero attached hydrogens (tertiary/aromatic N) is 4. The molecule has 138 heavy (non-hydrogen) atoms. The molecule has 0 aliphatic heterocycles. The smallest absolute Gasteiger partial charge is 0.136 e. The lowest BCUT2D eigenvalue weighted by Crippen LogP contribution is -2.10. The third kappa shape index (κ3) is 15.3. The summed E-state index contributed by atoms with van der Waals surface area (Å²) in [5, 5.41) is 9.64. The van der Waals surface area contributed by atoms with Crippen LogP contribution in [0, 0.1) is 0 Å². The predicted molar refractivity (Wildman–Crippen MR) is 580 cm³/mol. The molecule has 0 radical (unpaired) electrons. The van der Waals surface area contributed by atoms with Gasteiger partial charge in [0.25, 0.3) is 0 Å². The summed E-state index contributed by atoms with van der Waals surface area (Å²) in [5.41, 5.74) is 40.8. The molecule has 26 rings (SSSR count). The quantitative estimate of drug-likeness (QED) is 0.0859. The number of anilines is 6. The van der Waals surface area contributed by atoms with Crippen molar-refractivity contribution in [2.75, 3.05) is 9.80 Å². The van der Waals surface area contributed by atoms with Crippen LogP contribution in [0.2, 0.25) is 0 Å². The maximum Gasteiger partial charge on any atom is 0.136 e. The van der Waals surface area contributed by atoms with Gasteiger partial charge in [-0.1, -0.05) is 388 Å². The van der Waals surface area contributed by atoms with E-state index in [1.165, 1.54) is 105 Å². The number of aromatic nitrogens is 2. The number of para-hydroxylation sites is 6. The molecule has 0 atom stereocenters. The molecule has 648 valence electrons. The highest BCUT2D eigenvalue weighted by Gasteiger charge is 2.22. The number of benzene rings is 22. The highest BCUT2D eigenvalue weighted by atomic mass is 16.3. The maximum absolute atomic E-state index is 6.21. The van der Waals surface area contributed by atoms with Crippen LogP contribution in [-0.4, -0.2) is 9.13 Å². The Morgan fingerprint density at radius 2 is 0.348 bits per heavy atom. The monoisotopic (exact) mass is 1760 g/mol. The Kier molecular flexibility index (Phi) is 20.9. The van der Waals surface area contributed by atoms with Gasteiger partial charge in [-0.05, 0) is 257 Å². The van der Waals surface area contributed by atoms with Gasteiger partial charge in [-0.3, -0.25) is 0 Å². The van der Waals surface area contributed by atoms with E-state index in [1.807, 2.05) is 24.3 Å². The Bertz CT molecular complexity index is 8850. The zero-order valence-electron chi connectivity index (χ0n) is 75.4. The van der Waals surface area contributed by atoms with Crippen LogP contribution in [0.4, 0.5) is 34.1 Å². The molecule has 0 saturated heterocycles. The number of fused-ring (bicyclic) bond motifs is 12. The van der Waals surface area contributed by atoms with Gasteiger partial charge in [-0.15, -0.1) is 0 Å². The summed E-state index contributed by atoms with van der Waals surface area (Å²) in [6.45, 7) is 0. The summed E-state index contributed by atoms with van der Waals surface area (Å²) in [5.74, 6) is 0. The first-order chi connectivity index (χ1) is 68.4. The SMILES string of the molecule is c1ccc(-c2ccc(-c3ccc(N(c4ccc(-c5ccc(-c6cccc7oc8ccccc8c67)cc5)cc4)c4ccc(-c5ccc(-n6c7ccccc7c7ccccc76)cc5)cc4)cc3)cc2)cc1.c1ccc(-c2ccc(-c3cccc(N(c4ccc(-c5ccc(-c6cccc7oc8ccccc8c67)cc5)cc4)c4ccc(-c5ccc(-n6c7ccccc7c7ccccc76)cc5)cc4)c3)cc2)cc1. The van der Waals surface area contributed by atoms with Gasteiger partial charge in [-0.25, -0.2) is 0 Å². The van der Waals surface area contributed by atoms with Crippen molar-refractivity contribution >= 4 is 122 Å². The fourth-order valence-electron chi connectivity index (χ4n) is 20.4. The summed E-state index contributed by atoms with van der Waals surface area (Å²) >= 11 is 0. The van der Waals surface area contributed by atoms with Gasteiger partial charge in [0.15, 0.2) is 0 Å². The second-order valence-electron chi connectivity index (χ2n) is 35.4. The number of furan rings is 2. The molecule has 0 fully saturated rings. The lowest BCUT2D eigenvalue weighted by molar-refractivity contribution is 0.668. The average Bonchev–Trinajstić information content (AvgIpc) is 1.60. The van der Waals surface area contributed by atoms with E-state index in [0.717, 1.165) is 139 Å². The van der Waals surface area contributed by atoms with Gasteiger partial charge in [0.2, 0.25) is 0 Å². The first kappa shape index (κ1) is 81.6. The van der Waals surface area contributed by atoms with Gasteiger partial charge in [0, 0.05) is 88.6 Å². The van der Waals surface area contributed by atoms with E-state index in [2.05, 4.69) is 529 Å². The molecule has 0 N–H and O–H groups in total. The predicted octanol–water partition coefficient (Wildman–Crippen LogP) is 37.0. The van der Waals surface area contributed by atoms with E-state index in [1.54, 1.807) is 0 Å². The Hall–Kier alpha value is -18.4. The van der Waals surface area contributed by atoms with Crippen LogP contribution >= 0.6 is 0 Å². The van der Waals surface area contributed by atoms with Crippen molar-refractivity contribution in [1.82, 2.24) is 9.13 Å². The van der Waals surface area contributed by atoms with Gasteiger partial charge >= 0.3 is 0 Å². The molecule has 0 aliphatic carbocycles. The van der Waals surface area contributed by atoms with E-state index < -0.39 is 0 Å². The fourth-order valence-corrected chi connectivity index (χ4v) is 20.4. The Labute approximate surface area is 800 Å². The molecule has 4 aromatic heterocycles. The molecule has 0 spiro atoms. The first-order valence-electron chi connectivity index (χ1n) is 47.1. The van der Waals surface area contributed by atoms with Gasteiger partial charge in [-0.2, -0.15) is 0 Å². The highest BCUT2D eigenvalue weighted by molar-refractivity contribution is 6.15. The first-order valence-corrected chi connectivity index (χ1v) is 47.1. The van der Waals surface area contributed by atoms with Crippen molar-refractivity contribution in [2.24, 2.45) is 0 Å². The van der Waals surface area contributed by atoms with Crippen LogP contribution in [0.5, 0.6) is 0 Å². The molecule has 6 heteroatoms. The molecular formula is C132H88N4O2. The molecule has 0 unspecified atom stereocenters. The van der Waals surface area contributed by atoms with E-state index in [0.29, 0.717) is 0 Å². The van der Waals surface area contributed by atoms with E-state index in [9.17, 15) is 0 Å². The molecule has 0 bridgehead atoms. The fraction of sp³-hybridized carbons (Fsp3) is 0. The summed E-state index contributed by atoms with van der Waals surface area (Å²) in [6.07, 6.45) is 0. The summed E-state index contributed by atoms with van der Waals surface area (Å²) < 4.78 is 17.1. The van der Waals surface area contributed by atoms with Gasteiger partial charge in [0.1, 0.15) is 22.3 Å². The van der Waals surface area contributed by atoms with Crippen LogP contribution in [-0.2, 0) is 0 Å². The topological polar surface area (TPSA) is 42.6 Å². The van der Waals surface area contributed by atoms with Crippen LogP contribution in [0.15, 0.2) is 543 Å². The largest absolute Gasteiger partial charge is 0.456 e. The molecular weight excluding hydrogens is 1670 g/mol. The number of hydrogen-bond donors (Lipinski definition) is 0. The van der Waals surface area contributed by atoms with E-state index in [4.69, 9.17) is 8.83 Å². The Morgan fingerprint density at radius 1 is 0.138 bits per heavy atom. The second-order valence-corrected chi connectivity index (χ2v) is 35.4. The molecule has 22 aromatic carbocycles. The van der Waals surface area contributed by atoms with Gasteiger partial charge in [0.05, 0.1) is 22.1 Å². The minimum atomic E-state index is 0.907. The molecule has 6 nitrogen and oxygen atoms in total. The van der Waals surface area contributed by atoms with Crippen molar-refractivity contribution < 1.29 is 8.83 Å². The zero-order chi connectivity index (χ0) is 91.4. The third-order valence-electron chi connectivity index (χ3n) is 27.3. The normalized spacial score (nSPS) is 11.5. The number of rotatable bonds is 18. The molecule has 26 aromatic rings. The third-order valence-corrected chi connectivity index (χ3v) is 27.3. The van der Waals surface area contributed by atoms with Crippen LogP contribution in [0.1, 0.15) is 0 Å². The summed E-state index contributed by atoms with van der Waals surface area (Å²) in [4.78, 5) is 4.71. The van der Waals surface area contributed by atoms with Crippen LogP contribution in [0.25, 0.3) is 210 Å². The standard InChI is InChI=1S/2C66H44N2O/c1-2-12-45(13-3-1)46-24-26-51(27-25-46)53-14-10-15-57(44-53)67(54-38-32-48(33-39-54)47-28-30-52(31-29-47)58-19-11-23-65-66(58)61-18-6-9-22-64(61)69-65)55-40-34-49(35-41-55)50-36-42-56(43-37-50)68-62-20-7-4-16-59(62)60-17-5-8-21-63(60)68;1-2-11-45(12-3-1)46-21-23-47(24-22-46)49-29-37-54(38-30-49)67(55-39-31-50(32-40-55)48-25-27-53(28-26-48)58-16-10-20-65-66(58)61-15-6-9-19-64(61)69-65)56-41-33-51(34-42-56)52-35-43-57(44-36-52)68-62-17-7-4-13-59(62)60-14-5-8-18-63(60)68/h2*1-44H. The van der Waals surface area contributed by atoms with Crippen molar-refractivity contribution in [2.45, 2.75) is 0 Å². The average molecular weight is 1760 g/mol. The highest BCUT2D eigenvalue weighted by Crippen LogP contribution is 2.46. The second kappa shape index (κ2) is 35.3. The van der Waals surface area contributed by atoms with E-state index >= 15 is 0 Å². The zero-order valence-corrected chi connectivity index (χ0v) is 75.4. The summed E-state index contributed by atoms with van der Waals surface area (Å²) in [7, 11) is 0.